The fourth-order valence-corrected chi connectivity index (χ4v) is 3.02. The molecule has 0 bridgehead atoms. The highest BCUT2D eigenvalue weighted by Crippen LogP contribution is 2.39. The number of aromatic amines is 1. The lowest BCUT2D eigenvalue weighted by molar-refractivity contribution is 0.301. The first-order valence-electron chi connectivity index (χ1n) is 6.89. The van der Waals surface area contributed by atoms with Gasteiger partial charge in [0.15, 0.2) is 5.65 Å². The molecule has 0 saturated carbocycles. The van der Waals surface area contributed by atoms with Crippen LogP contribution in [0.2, 0.25) is 0 Å². The van der Waals surface area contributed by atoms with Crippen molar-refractivity contribution in [3.8, 4) is 0 Å². The fourth-order valence-electron chi connectivity index (χ4n) is 3.02. The number of nitrogens with two attached hydrogens (primary N) is 1. The first-order valence-corrected chi connectivity index (χ1v) is 6.89. The summed E-state index contributed by atoms with van der Waals surface area (Å²) in [6.07, 6.45) is 5.40. The Morgan fingerprint density at radius 2 is 2.16 bits per heavy atom. The Hall–Kier alpha value is -1.85. The number of nitrogen functional groups attached to an aromatic ring is 1. The summed E-state index contributed by atoms with van der Waals surface area (Å²) in [6, 6.07) is 0. The van der Waals surface area contributed by atoms with E-state index in [0.29, 0.717) is 17.0 Å². The predicted octanol–water partition coefficient (Wildman–Crippen LogP) is 1.95. The Bertz CT molecular complexity index is 586. The number of anilines is 2. The number of nitrogens with one attached hydrogen (secondary N) is 1. The summed E-state index contributed by atoms with van der Waals surface area (Å²) >= 11 is 0. The molecule has 3 rings (SSSR count). The third-order valence-electron chi connectivity index (χ3n) is 4.54. The van der Waals surface area contributed by atoms with Crippen molar-refractivity contribution >= 4 is 22.8 Å². The van der Waals surface area contributed by atoms with Gasteiger partial charge in [0, 0.05) is 13.1 Å². The maximum atomic E-state index is 5.79. The zero-order valence-electron chi connectivity index (χ0n) is 11.5. The topological polar surface area (TPSA) is 83.7 Å². The molecule has 6 heteroatoms. The van der Waals surface area contributed by atoms with E-state index in [4.69, 9.17) is 5.73 Å². The number of rotatable bonds is 3. The molecule has 1 aliphatic heterocycles. The van der Waals surface area contributed by atoms with Gasteiger partial charge >= 0.3 is 0 Å². The summed E-state index contributed by atoms with van der Waals surface area (Å²) in [5.74, 6) is 1.22. The molecule has 2 aromatic heterocycles. The van der Waals surface area contributed by atoms with Crippen LogP contribution in [0.15, 0.2) is 6.20 Å². The van der Waals surface area contributed by atoms with Crippen LogP contribution in [0, 0.1) is 5.41 Å². The first-order chi connectivity index (χ1) is 9.17. The second-order valence-corrected chi connectivity index (χ2v) is 5.42. The van der Waals surface area contributed by atoms with Crippen molar-refractivity contribution in [2.24, 2.45) is 5.41 Å². The van der Waals surface area contributed by atoms with Gasteiger partial charge in [-0.05, 0) is 24.7 Å². The molecule has 2 aromatic rings. The molecule has 0 aliphatic carbocycles. The molecule has 6 nitrogen and oxygen atoms in total. The van der Waals surface area contributed by atoms with Crippen LogP contribution in [0.1, 0.15) is 33.1 Å². The molecule has 1 saturated heterocycles. The van der Waals surface area contributed by atoms with E-state index in [2.05, 4.69) is 38.9 Å². The van der Waals surface area contributed by atoms with Crippen molar-refractivity contribution in [2.45, 2.75) is 33.1 Å². The van der Waals surface area contributed by atoms with Gasteiger partial charge < -0.3 is 10.6 Å². The van der Waals surface area contributed by atoms with Crippen LogP contribution in [-0.4, -0.2) is 33.3 Å². The minimum atomic E-state index is 0.303. The van der Waals surface area contributed by atoms with E-state index < -0.39 is 0 Å². The summed E-state index contributed by atoms with van der Waals surface area (Å²) in [7, 11) is 0. The second-order valence-electron chi connectivity index (χ2n) is 5.42. The summed E-state index contributed by atoms with van der Waals surface area (Å²) in [6.45, 7) is 6.61. The molecular formula is C13H20N6. The van der Waals surface area contributed by atoms with Gasteiger partial charge in [-0.3, -0.25) is 5.10 Å². The molecular weight excluding hydrogens is 240 g/mol. The third kappa shape index (κ3) is 1.91. The van der Waals surface area contributed by atoms with E-state index in [1.165, 1.54) is 19.3 Å². The number of H-pyrrole nitrogens is 1. The van der Waals surface area contributed by atoms with Gasteiger partial charge in [0.25, 0.3) is 0 Å². The zero-order valence-corrected chi connectivity index (χ0v) is 11.5. The highest BCUT2D eigenvalue weighted by Gasteiger charge is 2.36. The average Bonchev–Trinajstić information content (AvgIpc) is 3.04. The highest BCUT2D eigenvalue weighted by molar-refractivity contribution is 5.87. The lowest BCUT2D eigenvalue weighted by Gasteiger charge is -2.26. The smallest absolute Gasteiger partial charge is 0.224 e. The molecule has 102 valence electrons. The SMILES string of the molecule is CCC1(CC)CCN(c2nc(N)nc3[nH]ncc23)C1. The van der Waals surface area contributed by atoms with Gasteiger partial charge in [-0.15, -0.1) is 0 Å². The molecule has 0 atom stereocenters. The van der Waals surface area contributed by atoms with Gasteiger partial charge in [0.2, 0.25) is 5.95 Å². The molecule has 19 heavy (non-hydrogen) atoms. The Morgan fingerprint density at radius 1 is 1.37 bits per heavy atom. The molecule has 0 spiro atoms. The minimum Gasteiger partial charge on any atom is -0.368 e. The van der Waals surface area contributed by atoms with Crippen molar-refractivity contribution in [1.29, 1.82) is 0 Å². The summed E-state index contributed by atoms with van der Waals surface area (Å²) < 4.78 is 0. The van der Waals surface area contributed by atoms with E-state index in [0.717, 1.165) is 24.3 Å². The summed E-state index contributed by atoms with van der Waals surface area (Å²) in [5, 5.41) is 7.86. The lowest BCUT2D eigenvalue weighted by Crippen LogP contribution is -2.27. The standard InChI is InChI=1S/C13H20N6/c1-3-13(4-2)5-6-19(8-13)11-9-7-15-18-10(9)16-12(14)17-11/h7H,3-6,8H2,1-2H3,(H3,14,15,16,17,18). The molecule has 0 amide bonds. The Kier molecular flexibility index (Phi) is 2.80. The van der Waals surface area contributed by atoms with Crippen LogP contribution in [0.3, 0.4) is 0 Å². The number of aromatic nitrogens is 4. The highest BCUT2D eigenvalue weighted by atomic mass is 15.3. The van der Waals surface area contributed by atoms with Crippen LogP contribution in [0.4, 0.5) is 11.8 Å². The molecule has 0 unspecified atom stereocenters. The Balaban J connectivity index is 1.99. The zero-order chi connectivity index (χ0) is 13.5. The van der Waals surface area contributed by atoms with E-state index in [9.17, 15) is 0 Å². The predicted molar refractivity (Wildman–Crippen MR) is 75.9 cm³/mol. The van der Waals surface area contributed by atoms with Crippen LogP contribution < -0.4 is 10.6 Å². The monoisotopic (exact) mass is 260 g/mol. The van der Waals surface area contributed by atoms with E-state index in [1.54, 1.807) is 6.20 Å². The average molecular weight is 260 g/mol. The quantitative estimate of drug-likeness (QED) is 0.881. The van der Waals surface area contributed by atoms with Crippen LogP contribution in [0.25, 0.3) is 11.0 Å². The number of nitrogens with zero attached hydrogens (tertiary/aromatic N) is 4. The van der Waals surface area contributed by atoms with Crippen LogP contribution in [0.5, 0.6) is 0 Å². The number of hydrogen-bond donors (Lipinski definition) is 2. The molecule has 3 N–H and O–H groups in total. The van der Waals surface area contributed by atoms with Crippen LogP contribution in [-0.2, 0) is 0 Å². The molecule has 3 heterocycles. The van der Waals surface area contributed by atoms with E-state index >= 15 is 0 Å². The third-order valence-corrected chi connectivity index (χ3v) is 4.54. The molecule has 1 fully saturated rings. The van der Waals surface area contributed by atoms with E-state index in [-0.39, 0.29) is 0 Å². The minimum absolute atomic E-state index is 0.303. The molecule has 0 radical (unpaired) electrons. The maximum absolute atomic E-state index is 5.79. The van der Waals surface area contributed by atoms with Gasteiger partial charge in [-0.25, -0.2) is 0 Å². The van der Waals surface area contributed by atoms with Crippen molar-refractivity contribution in [2.75, 3.05) is 23.7 Å². The Labute approximate surface area is 112 Å². The summed E-state index contributed by atoms with van der Waals surface area (Å²) in [4.78, 5) is 10.9. The summed E-state index contributed by atoms with van der Waals surface area (Å²) in [5.41, 5.74) is 6.92. The Morgan fingerprint density at radius 3 is 2.84 bits per heavy atom. The maximum Gasteiger partial charge on any atom is 0.224 e. The van der Waals surface area contributed by atoms with Crippen LogP contribution >= 0.6 is 0 Å². The normalized spacial score (nSPS) is 18.3. The van der Waals surface area contributed by atoms with Crippen molar-refractivity contribution < 1.29 is 0 Å². The van der Waals surface area contributed by atoms with Crippen molar-refractivity contribution in [3.05, 3.63) is 6.20 Å². The van der Waals surface area contributed by atoms with Gasteiger partial charge in [-0.2, -0.15) is 15.1 Å². The van der Waals surface area contributed by atoms with Gasteiger partial charge in [0.05, 0.1) is 11.6 Å². The van der Waals surface area contributed by atoms with Gasteiger partial charge in [-0.1, -0.05) is 13.8 Å². The molecule has 0 aromatic carbocycles. The van der Waals surface area contributed by atoms with Crippen molar-refractivity contribution in [3.63, 3.8) is 0 Å². The van der Waals surface area contributed by atoms with Gasteiger partial charge in [0.1, 0.15) is 5.82 Å². The van der Waals surface area contributed by atoms with E-state index in [1.807, 2.05) is 0 Å². The number of hydrogen-bond acceptors (Lipinski definition) is 5. The number of fused-ring (bicyclic) bond motifs is 1. The first kappa shape index (κ1) is 12.2. The van der Waals surface area contributed by atoms with Crippen molar-refractivity contribution in [1.82, 2.24) is 20.2 Å². The second kappa shape index (κ2) is 4.36. The lowest BCUT2D eigenvalue weighted by atomic mass is 9.82. The molecule has 1 aliphatic rings. The fraction of sp³-hybridized carbons (Fsp3) is 0.615. The largest absolute Gasteiger partial charge is 0.368 e.